The van der Waals surface area contributed by atoms with Crippen molar-refractivity contribution in [3.05, 3.63) is 15.9 Å². The zero-order chi connectivity index (χ0) is 12.5. The van der Waals surface area contributed by atoms with Crippen molar-refractivity contribution >= 4 is 37.3 Å². The zero-order valence-corrected chi connectivity index (χ0v) is 12.3. The first-order valence-corrected chi connectivity index (χ1v) is 8.59. The Morgan fingerprint density at radius 1 is 1.41 bits per heavy atom. The van der Waals surface area contributed by atoms with Gasteiger partial charge in [-0.05, 0) is 40.2 Å². The van der Waals surface area contributed by atoms with Crippen molar-refractivity contribution in [2.75, 3.05) is 0 Å². The Bertz CT molecular complexity index is 485. The van der Waals surface area contributed by atoms with Gasteiger partial charge in [0.05, 0.1) is 6.10 Å². The molecule has 2 atom stereocenters. The van der Waals surface area contributed by atoms with Crippen LogP contribution in [0.4, 0.5) is 0 Å². The summed E-state index contributed by atoms with van der Waals surface area (Å²) in [5.41, 5.74) is 0. The molecule has 1 saturated carbocycles. The molecule has 2 N–H and O–H groups in total. The lowest BCUT2D eigenvalue weighted by Gasteiger charge is -2.27. The first-order chi connectivity index (χ1) is 8.00. The maximum absolute atomic E-state index is 12.1. The van der Waals surface area contributed by atoms with E-state index in [1.54, 1.807) is 11.4 Å². The summed E-state index contributed by atoms with van der Waals surface area (Å²) in [6, 6.07) is 1.35. The summed E-state index contributed by atoms with van der Waals surface area (Å²) < 4.78 is 27.6. The molecular weight excluding hydrogens is 326 g/mol. The van der Waals surface area contributed by atoms with E-state index in [1.165, 1.54) is 11.3 Å². The predicted octanol–water partition coefficient (Wildman–Crippen LogP) is 2.09. The summed E-state index contributed by atoms with van der Waals surface area (Å²) in [5.74, 6) is 0. The molecule has 17 heavy (non-hydrogen) atoms. The van der Waals surface area contributed by atoms with Gasteiger partial charge >= 0.3 is 0 Å². The first kappa shape index (κ1) is 13.5. The molecule has 0 radical (unpaired) electrons. The molecule has 96 valence electrons. The Labute approximate surface area is 113 Å². The molecule has 1 aromatic rings. The minimum atomic E-state index is -3.52. The van der Waals surface area contributed by atoms with Crippen molar-refractivity contribution in [1.29, 1.82) is 0 Å². The van der Waals surface area contributed by atoms with Crippen LogP contribution in [0.2, 0.25) is 0 Å². The van der Waals surface area contributed by atoms with E-state index < -0.39 is 16.1 Å². The van der Waals surface area contributed by atoms with Crippen LogP contribution in [0.3, 0.4) is 0 Å². The fraction of sp³-hybridized carbons (Fsp3) is 0.600. The van der Waals surface area contributed by atoms with Crippen molar-refractivity contribution in [2.45, 2.75) is 42.0 Å². The maximum Gasteiger partial charge on any atom is 0.251 e. The van der Waals surface area contributed by atoms with Gasteiger partial charge in [-0.3, -0.25) is 0 Å². The molecule has 1 aliphatic rings. The fourth-order valence-electron chi connectivity index (χ4n) is 1.97. The number of hydrogen-bond donors (Lipinski definition) is 2. The monoisotopic (exact) mass is 339 g/mol. The van der Waals surface area contributed by atoms with Crippen molar-refractivity contribution in [3.63, 3.8) is 0 Å². The summed E-state index contributed by atoms with van der Waals surface area (Å²) >= 11 is 4.38. The summed E-state index contributed by atoms with van der Waals surface area (Å²) in [7, 11) is -3.52. The highest BCUT2D eigenvalue weighted by molar-refractivity contribution is 9.10. The van der Waals surface area contributed by atoms with Crippen LogP contribution in [0.25, 0.3) is 0 Å². The van der Waals surface area contributed by atoms with Gasteiger partial charge in [-0.1, -0.05) is 12.8 Å². The van der Waals surface area contributed by atoms with E-state index >= 15 is 0 Å². The van der Waals surface area contributed by atoms with Gasteiger partial charge in [0.1, 0.15) is 4.21 Å². The Morgan fingerprint density at radius 3 is 2.71 bits per heavy atom. The van der Waals surface area contributed by atoms with Gasteiger partial charge < -0.3 is 5.11 Å². The lowest BCUT2D eigenvalue weighted by molar-refractivity contribution is 0.101. The lowest BCUT2D eigenvalue weighted by atomic mass is 9.93. The number of hydrogen-bond acceptors (Lipinski definition) is 4. The molecular formula is C10H14BrNO3S2. The largest absolute Gasteiger partial charge is 0.391 e. The van der Waals surface area contributed by atoms with Crippen LogP contribution < -0.4 is 4.72 Å². The average Bonchev–Trinajstić information content (AvgIpc) is 2.68. The minimum absolute atomic E-state index is 0.273. The van der Waals surface area contributed by atoms with Crippen molar-refractivity contribution in [2.24, 2.45) is 0 Å². The molecule has 2 rings (SSSR count). The summed E-state index contributed by atoms with van der Waals surface area (Å²) in [4.78, 5) is 0. The number of rotatable bonds is 3. The van der Waals surface area contributed by atoms with E-state index in [2.05, 4.69) is 20.7 Å². The Kier molecular flexibility index (Phi) is 4.25. The fourth-order valence-corrected chi connectivity index (χ4v) is 5.63. The molecule has 0 amide bonds. The van der Waals surface area contributed by atoms with E-state index in [1.807, 2.05) is 0 Å². The number of aliphatic hydroxyl groups is 1. The van der Waals surface area contributed by atoms with Crippen LogP contribution in [-0.2, 0) is 10.0 Å². The SMILES string of the molecule is O=S(=O)(N[C@@H]1CCCC[C@H]1O)c1sccc1Br. The molecule has 4 nitrogen and oxygen atoms in total. The van der Waals surface area contributed by atoms with Crippen LogP contribution in [0.5, 0.6) is 0 Å². The minimum Gasteiger partial charge on any atom is -0.391 e. The highest BCUT2D eigenvalue weighted by Crippen LogP contribution is 2.28. The van der Waals surface area contributed by atoms with Gasteiger partial charge in [0, 0.05) is 10.5 Å². The lowest BCUT2D eigenvalue weighted by Crippen LogP contribution is -2.44. The van der Waals surface area contributed by atoms with E-state index in [4.69, 9.17) is 0 Å². The normalized spacial score (nSPS) is 26.0. The van der Waals surface area contributed by atoms with Crippen molar-refractivity contribution < 1.29 is 13.5 Å². The predicted molar refractivity (Wildman–Crippen MR) is 70.6 cm³/mol. The second-order valence-corrected chi connectivity index (χ2v) is 7.82. The second-order valence-electron chi connectivity index (χ2n) is 4.14. The molecule has 0 unspecified atom stereocenters. The Morgan fingerprint density at radius 2 is 2.12 bits per heavy atom. The van der Waals surface area contributed by atoms with E-state index in [0.29, 0.717) is 17.3 Å². The first-order valence-electron chi connectivity index (χ1n) is 5.44. The van der Waals surface area contributed by atoms with Gasteiger partial charge in [-0.25, -0.2) is 13.1 Å². The standard InChI is InChI=1S/C10H14BrNO3S2/c11-7-5-6-16-10(7)17(14,15)12-8-3-1-2-4-9(8)13/h5-6,8-9,12-13H,1-4H2/t8-,9-/m1/s1. The number of sulfonamides is 1. The molecule has 0 aromatic carbocycles. The number of aliphatic hydroxyl groups excluding tert-OH is 1. The van der Waals surface area contributed by atoms with Crippen molar-refractivity contribution in [1.82, 2.24) is 4.72 Å². The quantitative estimate of drug-likeness (QED) is 0.886. The van der Waals surface area contributed by atoms with Crippen molar-refractivity contribution in [3.8, 4) is 0 Å². The molecule has 0 bridgehead atoms. The zero-order valence-electron chi connectivity index (χ0n) is 9.10. The van der Waals surface area contributed by atoms with Crippen LogP contribution >= 0.6 is 27.3 Å². The highest BCUT2D eigenvalue weighted by Gasteiger charge is 2.29. The van der Waals surface area contributed by atoms with Crippen LogP contribution in [0, 0.1) is 0 Å². The number of halogens is 1. The summed E-state index contributed by atoms with van der Waals surface area (Å²) in [6.07, 6.45) is 2.71. The third-order valence-electron chi connectivity index (χ3n) is 2.86. The molecule has 1 heterocycles. The third-order valence-corrected chi connectivity index (χ3v) is 7.02. The molecule has 1 aromatic heterocycles. The molecule has 0 saturated heterocycles. The molecule has 7 heteroatoms. The van der Waals surface area contributed by atoms with Gasteiger partial charge in [-0.15, -0.1) is 11.3 Å². The van der Waals surface area contributed by atoms with E-state index in [9.17, 15) is 13.5 Å². The maximum atomic E-state index is 12.1. The Balaban J connectivity index is 2.15. The summed E-state index contributed by atoms with van der Waals surface area (Å²) in [5, 5.41) is 11.5. The smallest absolute Gasteiger partial charge is 0.251 e. The summed E-state index contributed by atoms with van der Waals surface area (Å²) in [6.45, 7) is 0. The van der Waals surface area contributed by atoms with Crippen LogP contribution in [0.15, 0.2) is 20.1 Å². The second kappa shape index (κ2) is 5.36. The topological polar surface area (TPSA) is 66.4 Å². The molecule has 1 aliphatic carbocycles. The Hall–Kier alpha value is 0.0500. The number of thiophene rings is 1. The van der Waals surface area contributed by atoms with Crippen LogP contribution in [0.1, 0.15) is 25.7 Å². The third kappa shape index (κ3) is 3.08. The van der Waals surface area contributed by atoms with E-state index in [0.717, 1.165) is 12.8 Å². The van der Waals surface area contributed by atoms with Gasteiger partial charge in [0.2, 0.25) is 0 Å². The molecule has 0 spiro atoms. The van der Waals surface area contributed by atoms with Gasteiger partial charge in [0.15, 0.2) is 0 Å². The average molecular weight is 340 g/mol. The van der Waals surface area contributed by atoms with E-state index in [-0.39, 0.29) is 10.3 Å². The highest BCUT2D eigenvalue weighted by atomic mass is 79.9. The molecule has 1 fully saturated rings. The molecule has 0 aliphatic heterocycles. The van der Waals surface area contributed by atoms with Crippen LogP contribution in [-0.4, -0.2) is 25.7 Å². The number of nitrogens with one attached hydrogen (secondary N) is 1. The van der Waals surface area contributed by atoms with Gasteiger partial charge in [-0.2, -0.15) is 0 Å². The van der Waals surface area contributed by atoms with Gasteiger partial charge in [0.25, 0.3) is 10.0 Å².